The third-order valence-electron chi connectivity index (χ3n) is 4.16. The topological polar surface area (TPSA) is 66.5 Å². The predicted molar refractivity (Wildman–Crippen MR) is 92.6 cm³/mol. The van der Waals surface area contributed by atoms with Crippen molar-refractivity contribution in [3.63, 3.8) is 0 Å². The normalized spacial score (nSPS) is 15.2. The molecule has 130 valence electrons. The van der Waals surface area contributed by atoms with Crippen molar-refractivity contribution in [3.8, 4) is 0 Å². The van der Waals surface area contributed by atoms with Gasteiger partial charge < -0.3 is 5.32 Å². The zero-order valence-corrected chi connectivity index (χ0v) is 14.8. The van der Waals surface area contributed by atoms with Gasteiger partial charge in [0.2, 0.25) is 5.91 Å². The summed E-state index contributed by atoms with van der Waals surface area (Å²) in [4.78, 5) is 39.0. The minimum atomic E-state index is -0.760. The molecule has 5 nitrogen and oxygen atoms in total. The second kappa shape index (κ2) is 7.60. The van der Waals surface area contributed by atoms with Gasteiger partial charge in [-0.3, -0.25) is 19.3 Å². The summed E-state index contributed by atoms with van der Waals surface area (Å²) in [5.41, 5.74) is 0.762. The molecule has 24 heavy (non-hydrogen) atoms. The van der Waals surface area contributed by atoms with Crippen LogP contribution in [0.15, 0.2) is 24.3 Å². The summed E-state index contributed by atoms with van der Waals surface area (Å²) in [5, 5.41) is 2.88. The lowest BCUT2D eigenvalue weighted by atomic mass is 10.0. The van der Waals surface area contributed by atoms with Crippen molar-refractivity contribution in [2.24, 2.45) is 11.8 Å². The summed E-state index contributed by atoms with van der Waals surface area (Å²) in [6, 6.07) is 5.98. The van der Waals surface area contributed by atoms with E-state index in [4.69, 9.17) is 0 Å². The number of imide groups is 1. The summed E-state index contributed by atoms with van der Waals surface area (Å²) in [7, 11) is 0. The number of nitrogens with one attached hydrogen (secondary N) is 1. The first-order chi connectivity index (χ1) is 11.3. The minimum absolute atomic E-state index is 0.190. The Morgan fingerprint density at radius 2 is 1.54 bits per heavy atom. The molecule has 0 saturated carbocycles. The Morgan fingerprint density at radius 3 is 2.00 bits per heavy atom. The maximum atomic E-state index is 12.6. The van der Waals surface area contributed by atoms with Gasteiger partial charge in [0.1, 0.15) is 6.04 Å². The Morgan fingerprint density at radius 1 is 1.00 bits per heavy atom. The molecule has 0 bridgehead atoms. The Hall–Kier alpha value is -2.17. The molecular formula is C19H26N2O3. The fourth-order valence-corrected chi connectivity index (χ4v) is 2.87. The average molecular weight is 330 g/mol. The molecule has 0 spiro atoms. The summed E-state index contributed by atoms with van der Waals surface area (Å²) < 4.78 is 0. The number of carbonyl (C=O) groups is 3. The largest absolute Gasteiger partial charge is 0.354 e. The van der Waals surface area contributed by atoms with Gasteiger partial charge in [-0.2, -0.15) is 0 Å². The Kier molecular flexibility index (Phi) is 5.75. The fraction of sp³-hybridized carbons (Fsp3) is 0.526. The smallest absolute Gasteiger partial charge is 0.262 e. The second-order valence-electron chi connectivity index (χ2n) is 7.14. The molecule has 5 heteroatoms. The second-order valence-corrected chi connectivity index (χ2v) is 7.14. The van der Waals surface area contributed by atoms with Crippen LogP contribution in [0.1, 0.15) is 61.3 Å². The molecule has 0 unspecified atom stereocenters. The van der Waals surface area contributed by atoms with Gasteiger partial charge in [0.05, 0.1) is 11.1 Å². The maximum Gasteiger partial charge on any atom is 0.262 e. The van der Waals surface area contributed by atoms with Crippen molar-refractivity contribution in [2.45, 2.75) is 46.6 Å². The molecule has 0 radical (unpaired) electrons. The van der Waals surface area contributed by atoms with Crippen molar-refractivity contribution in [1.82, 2.24) is 10.2 Å². The van der Waals surface area contributed by atoms with Crippen LogP contribution in [0.5, 0.6) is 0 Å². The summed E-state index contributed by atoms with van der Waals surface area (Å²) in [6.45, 7) is 8.68. The highest BCUT2D eigenvalue weighted by molar-refractivity contribution is 6.22. The van der Waals surface area contributed by atoms with Crippen molar-refractivity contribution in [3.05, 3.63) is 35.4 Å². The first-order valence-electron chi connectivity index (χ1n) is 8.57. The van der Waals surface area contributed by atoms with E-state index in [9.17, 15) is 14.4 Å². The molecule has 1 aromatic carbocycles. The van der Waals surface area contributed by atoms with Gasteiger partial charge in [-0.05, 0) is 36.8 Å². The van der Waals surface area contributed by atoms with Crippen molar-refractivity contribution >= 4 is 17.7 Å². The predicted octanol–water partition coefficient (Wildman–Crippen LogP) is 2.86. The Balaban J connectivity index is 2.21. The summed E-state index contributed by atoms with van der Waals surface area (Å²) in [5.74, 6) is -0.331. The van der Waals surface area contributed by atoms with Crippen LogP contribution in [0.4, 0.5) is 0 Å². The van der Waals surface area contributed by atoms with Crippen molar-refractivity contribution in [1.29, 1.82) is 0 Å². The monoisotopic (exact) mass is 330 g/mol. The first kappa shape index (κ1) is 18.2. The lowest BCUT2D eigenvalue weighted by Gasteiger charge is -2.27. The van der Waals surface area contributed by atoms with E-state index in [1.54, 1.807) is 24.3 Å². The van der Waals surface area contributed by atoms with E-state index in [1.807, 2.05) is 13.8 Å². The molecule has 0 fully saturated rings. The summed E-state index contributed by atoms with van der Waals surface area (Å²) >= 11 is 0. The van der Waals surface area contributed by atoms with Gasteiger partial charge in [-0.25, -0.2) is 0 Å². The molecular weight excluding hydrogens is 304 g/mol. The molecule has 1 aliphatic rings. The highest BCUT2D eigenvalue weighted by Gasteiger charge is 2.42. The van der Waals surface area contributed by atoms with E-state index >= 15 is 0 Å². The van der Waals surface area contributed by atoms with E-state index in [-0.39, 0.29) is 23.6 Å². The lowest BCUT2D eigenvalue weighted by molar-refractivity contribution is -0.125. The number of fused-ring (bicyclic) bond motifs is 1. The summed E-state index contributed by atoms with van der Waals surface area (Å²) in [6.07, 6.45) is 1.32. The van der Waals surface area contributed by atoms with Crippen LogP contribution in [0.25, 0.3) is 0 Å². The van der Waals surface area contributed by atoms with Crippen LogP contribution in [0, 0.1) is 11.8 Å². The van der Waals surface area contributed by atoms with Crippen molar-refractivity contribution in [2.75, 3.05) is 6.54 Å². The molecule has 1 N–H and O–H groups in total. The molecule has 0 aromatic heterocycles. The molecule has 1 atom stereocenters. The van der Waals surface area contributed by atoms with Crippen LogP contribution in [-0.2, 0) is 4.79 Å². The molecule has 2 rings (SSSR count). The lowest BCUT2D eigenvalue weighted by Crippen LogP contribution is -2.50. The van der Waals surface area contributed by atoms with Crippen molar-refractivity contribution < 1.29 is 14.4 Å². The van der Waals surface area contributed by atoms with Gasteiger partial charge in [-0.1, -0.05) is 39.8 Å². The van der Waals surface area contributed by atoms with E-state index in [2.05, 4.69) is 19.2 Å². The van der Waals surface area contributed by atoms with E-state index in [0.717, 1.165) is 11.3 Å². The number of nitrogens with zero attached hydrogens (tertiary/aromatic N) is 1. The molecule has 0 aliphatic carbocycles. The molecule has 1 aliphatic heterocycles. The molecule has 3 amide bonds. The van der Waals surface area contributed by atoms with Gasteiger partial charge in [-0.15, -0.1) is 0 Å². The van der Waals surface area contributed by atoms with Crippen LogP contribution in [0.3, 0.4) is 0 Å². The number of benzene rings is 1. The number of hydrogen-bond acceptors (Lipinski definition) is 3. The number of amides is 3. The van der Waals surface area contributed by atoms with Crippen LogP contribution >= 0.6 is 0 Å². The SMILES string of the molecule is CC(C)CCNC(=O)[C@H](CC(C)C)N1C(=O)c2ccccc2C1=O. The van der Waals surface area contributed by atoms with Gasteiger partial charge in [0.25, 0.3) is 11.8 Å². The number of carbonyl (C=O) groups excluding carboxylic acids is 3. The maximum absolute atomic E-state index is 12.6. The van der Waals surface area contributed by atoms with E-state index in [1.165, 1.54) is 0 Å². The average Bonchev–Trinajstić information content (AvgIpc) is 2.76. The van der Waals surface area contributed by atoms with Gasteiger partial charge in [0, 0.05) is 6.54 Å². The highest BCUT2D eigenvalue weighted by Crippen LogP contribution is 2.27. The van der Waals surface area contributed by atoms with E-state index in [0.29, 0.717) is 30.0 Å². The third kappa shape index (κ3) is 3.83. The number of hydrogen-bond donors (Lipinski definition) is 1. The molecule has 1 heterocycles. The highest BCUT2D eigenvalue weighted by atomic mass is 16.2. The van der Waals surface area contributed by atoms with Crippen LogP contribution in [-0.4, -0.2) is 35.2 Å². The quantitative estimate of drug-likeness (QED) is 0.782. The Labute approximate surface area is 143 Å². The molecule has 1 aromatic rings. The first-order valence-corrected chi connectivity index (χ1v) is 8.57. The molecule has 0 saturated heterocycles. The minimum Gasteiger partial charge on any atom is -0.354 e. The third-order valence-corrected chi connectivity index (χ3v) is 4.16. The van der Waals surface area contributed by atoms with E-state index < -0.39 is 6.04 Å². The number of rotatable bonds is 7. The van der Waals surface area contributed by atoms with Crippen LogP contribution < -0.4 is 5.32 Å². The zero-order valence-electron chi connectivity index (χ0n) is 14.8. The zero-order chi connectivity index (χ0) is 17.9. The standard InChI is InChI=1S/C19H26N2O3/c1-12(2)9-10-20-17(22)16(11-13(3)4)21-18(23)14-7-5-6-8-15(14)19(21)24/h5-8,12-13,16H,9-11H2,1-4H3,(H,20,22)/t16-/m0/s1. The fourth-order valence-electron chi connectivity index (χ4n) is 2.87. The Bertz CT molecular complexity index is 602. The van der Waals surface area contributed by atoms with Crippen LogP contribution in [0.2, 0.25) is 0 Å². The van der Waals surface area contributed by atoms with Gasteiger partial charge in [0.15, 0.2) is 0 Å². The van der Waals surface area contributed by atoms with Gasteiger partial charge >= 0.3 is 0 Å².